The SMILES string of the molecule is CN(C(=O)Nc1cccc(-c2ccc(F)cc2)c1)C1CCNCC1.Cl. The van der Waals surface area contributed by atoms with Gasteiger partial charge in [0.05, 0.1) is 0 Å². The highest BCUT2D eigenvalue weighted by molar-refractivity contribution is 5.90. The zero-order valence-corrected chi connectivity index (χ0v) is 15.0. The van der Waals surface area contributed by atoms with Crippen LogP contribution in [0.3, 0.4) is 0 Å². The van der Waals surface area contributed by atoms with Crippen molar-refractivity contribution in [1.82, 2.24) is 10.2 Å². The van der Waals surface area contributed by atoms with Gasteiger partial charge < -0.3 is 15.5 Å². The van der Waals surface area contributed by atoms with Gasteiger partial charge in [0.2, 0.25) is 0 Å². The number of anilines is 1. The Labute approximate surface area is 153 Å². The van der Waals surface area contributed by atoms with Crippen LogP contribution < -0.4 is 10.6 Å². The molecule has 0 unspecified atom stereocenters. The molecule has 2 aromatic rings. The normalized spacial score (nSPS) is 14.5. The highest BCUT2D eigenvalue weighted by Crippen LogP contribution is 2.23. The topological polar surface area (TPSA) is 44.4 Å². The van der Waals surface area contributed by atoms with E-state index >= 15 is 0 Å². The van der Waals surface area contributed by atoms with Gasteiger partial charge in [-0.15, -0.1) is 12.4 Å². The molecule has 0 saturated carbocycles. The third kappa shape index (κ3) is 4.94. The number of hydrogen-bond donors (Lipinski definition) is 2. The Hall–Kier alpha value is -2.11. The second-order valence-corrected chi connectivity index (χ2v) is 6.11. The third-order valence-corrected chi connectivity index (χ3v) is 4.47. The molecule has 1 heterocycles. The second-order valence-electron chi connectivity index (χ2n) is 6.11. The van der Waals surface area contributed by atoms with E-state index in [1.165, 1.54) is 12.1 Å². The van der Waals surface area contributed by atoms with E-state index in [0.717, 1.165) is 42.7 Å². The van der Waals surface area contributed by atoms with Crippen LogP contribution in [0, 0.1) is 5.82 Å². The number of piperidine rings is 1. The lowest BCUT2D eigenvalue weighted by Gasteiger charge is -2.31. The van der Waals surface area contributed by atoms with Gasteiger partial charge in [0, 0.05) is 18.8 Å². The Bertz CT molecular complexity index is 702. The van der Waals surface area contributed by atoms with E-state index in [4.69, 9.17) is 0 Å². The van der Waals surface area contributed by atoms with Gasteiger partial charge in [-0.1, -0.05) is 24.3 Å². The molecule has 0 aromatic heterocycles. The van der Waals surface area contributed by atoms with Crippen molar-refractivity contribution in [2.75, 3.05) is 25.5 Å². The van der Waals surface area contributed by atoms with Crippen LogP contribution in [0.1, 0.15) is 12.8 Å². The van der Waals surface area contributed by atoms with E-state index < -0.39 is 0 Å². The van der Waals surface area contributed by atoms with Crippen molar-refractivity contribution in [3.63, 3.8) is 0 Å². The number of benzene rings is 2. The van der Waals surface area contributed by atoms with Gasteiger partial charge in [0.15, 0.2) is 0 Å². The molecule has 134 valence electrons. The number of rotatable bonds is 3. The molecule has 0 atom stereocenters. The number of nitrogens with zero attached hydrogens (tertiary/aromatic N) is 1. The number of hydrogen-bond acceptors (Lipinski definition) is 2. The number of amides is 2. The molecule has 1 aliphatic rings. The van der Waals surface area contributed by atoms with Crippen molar-refractivity contribution in [3.8, 4) is 11.1 Å². The first-order valence-electron chi connectivity index (χ1n) is 8.24. The van der Waals surface area contributed by atoms with Gasteiger partial charge in [-0.2, -0.15) is 0 Å². The fourth-order valence-electron chi connectivity index (χ4n) is 2.99. The Morgan fingerprint density at radius 1 is 1.12 bits per heavy atom. The van der Waals surface area contributed by atoms with E-state index in [1.807, 2.05) is 31.3 Å². The van der Waals surface area contributed by atoms with Crippen LogP contribution in [0.5, 0.6) is 0 Å². The largest absolute Gasteiger partial charge is 0.325 e. The van der Waals surface area contributed by atoms with Gasteiger partial charge in [-0.05, 0) is 61.3 Å². The number of carbonyl (C=O) groups excluding carboxylic acids is 1. The molecule has 1 saturated heterocycles. The molecule has 1 fully saturated rings. The average molecular weight is 364 g/mol. The Balaban J connectivity index is 0.00000225. The van der Waals surface area contributed by atoms with Crippen LogP contribution >= 0.6 is 12.4 Å². The van der Waals surface area contributed by atoms with E-state index in [0.29, 0.717) is 0 Å². The van der Waals surface area contributed by atoms with E-state index in [9.17, 15) is 9.18 Å². The predicted molar refractivity (Wildman–Crippen MR) is 102 cm³/mol. The van der Waals surface area contributed by atoms with E-state index in [1.54, 1.807) is 17.0 Å². The smallest absolute Gasteiger partial charge is 0.321 e. The summed E-state index contributed by atoms with van der Waals surface area (Å²) < 4.78 is 13.1. The Morgan fingerprint density at radius 2 is 1.80 bits per heavy atom. The molecular formula is C19H23ClFN3O. The van der Waals surface area contributed by atoms with Gasteiger partial charge >= 0.3 is 6.03 Å². The summed E-state index contributed by atoms with van der Waals surface area (Å²) in [5.74, 6) is -0.258. The fourth-order valence-corrected chi connectivity index (χ4v) is 2.99. The molecule has 0 bridgehead atoms. The van der Waals surface area contributed by atoms with E-state index in [2.05, 4.69) is 10.6 Å². The molecule has 0 aliphatic carbocycles. The lowest BCUT2D eigenvalue weighted by molar-refractivity contribution is 0.189. The quantitative estimate of drug-likeness (QED) is 0.861. The first-order chi connectivity index (χ1) is 11.6. The number of halogens is 2. The summed E-state index contributed by atoms with van der Waals surface area (Å²) in [7, 11) is 1.84. The summed E-state index contributed by atoms with van der Waals surface area (Å²) in [6.45, 7) is 1.89. The lowest BCUT2D eigenvalue weighted by atomic mass is 10.0. The van der Waals surface area contributed by atoms with Crippen molar-refractivity contribution in [1.29, 1.82) is 0 Å². The number of nitrogens with one attached hydrogen (secondary N) is 2. The maximum atomic E-state index is 13.1. The monoisotopic (exact) mass is 363 g/mol. The molecule has 2 aromatic carbocycles. The molecule has 0 radical (unpaired) electrons. The second kappa shape index (κ2) is 8.83. The maximum Gasteiger partial charge on any atom is 0.321 e. The van der Waals surface area contributed by atoms with Gasteiger partial charge in [-0.3, -0.25) is 0 Å². The lowest BCUT2D eigenvalue weighted by Crippen LogP contribution is -2.45. The highest BCUT2D eigenvalue weighted by atomic mass is 35.5. The molecule has 4 nitrogen and oxygen atoms in total. The third-order valence-electron chi connectivity index (χ3n) is 4.47. The van der Waals surface area contributed by atoms with E-state index in [-0.39, 0.29) is 30.3 Å². The molecule has 2 amide bonds. The number of carbonyl (C=O) groups is 1. The summed E-state index contributed by atoms with van der Waals surface area (Å²) in [4.78, 5) is 14.2. The molecule has 0 spiro atoms. The van der Waals surface area contributed by atoms with Crippen LogP contribution in [0.4, 0.5) is 14.9 Å². The molecule has 2 N–H and O–H groups in total. The van der Waals surface area contributed by atoms with Crippen LogP contribution in [-0.2, 0) is 0 Å². The number of urea groups is 1. The Kier molecular flexibility index (Phi) is 6.79. The highest BCUT2D eigenvalue weighted by Gasteiger charge is 2.21. The molecule has 6 heteroatoms. The minimum absolute atomic E-state index is 0. The van der Waals surface area contributed by atoms with Crippen LogP contribution in [0.25, 0.3) is 11.1 Å². The zero-order chi connectivity index (χ0) is 16.9. The first kappa shape index (κ1) is 19.2. The first-order valence-corrected chi connectivity index (χ1v) is 8.24. The van der Waals surface area contributed by atoms with Gasteiger partial charge in [0.1, 0.15) is 5.82 Å². The van der Waals surface area contributed by atoms with Crippen LogP contribution in [-0.4, -0.2) is 37.1 Å². The van der Waals surface area contributed by atoms with Crippen molar-refractivity contribution in [2.24, 2.45) is 0 Å². The van der Waals surface area contributed by atoms with Gasteiger partial charge in [0.25, 0.3) is 0 Å². The summed E-state index contributed by atoms with van der Waals surface area (Å²) in [5, 5.41) is 6.26. The van der Waals surface area contributed by atoms with Crippen LogP contribution in [0.15, 0.2) is 48.5 Å². The molecule has 3 rings (SSSR count). The fraction of sp³-hybridized carbons (Fsp3) is 0.316. The molecular weight excluding hydrogens is 341 g/mol. The minimum atomic E-state index is -0.258. The van der Waals surface area contributed by atoms with Crippen molar-refractivity contribution >= 4 is 24.1 Å². The standard InChI is InChI=1S/C19H22FN3O.ClH/c1-23(18-9-11-21-12-10-18)19(24)22-17-4-2-3-15(13-17)14-5-7-16(20)8-6-14;/h2-8,13,18,21H,9-12H2,1H3,(H,22,24);1H. The Morgan fingerprint density at radius 3 is 2.48 bits per heavy atom. The summed E-state index contributed by atoms with van der Waals surface area (Å²) in [6, 6.07) is 14.1. The van der Waals surface area contributed by atoms with Gasteiger partial charge in [-0.25, -0.2) is 9.18 Å². The summed E-state index contributed by atoms with van der Waals surface area (Å²) >= 11 is 0. The predicted octanol–water partition coefficient (Wildman–Crippen LogP) is 4.13. The van der Waals surface area contributed by atoms with Crippen molar-refractivity contribution in [2.45, 2.75) is 18.9 Å². The van der Waals surface area contributed by atoms with Crippen molar-refractivity contribution in [3.05, 3.63) is 54.3 Å². The molecule has 25 heavy (non-hydrogen) atoms. The maximum absolute atomic E-state index is 13.1. The summed E-state index contributed by atoms with van der Waals surface area (Å²) in [5.41, 5.74) is 2.60. The zero-order valence-electron chi connectivity index (χ0n) is 14.2. The minimum Gasteiger partial charge on any atom is -0.325 e. The molecule has 1 aliphatic heterocycles. The average Bonchev–Trinajstić information content (AvgIpc) is 2.62. The van der Waals surface area contributed by atoms with Crippen LogP contribution in [0.2, 0.25) is 0 Å². The summed E-state index contributed by atoms with van der Waals surface area (Å²) in [6.07, 6.45) is 1.94. The van der Waals surface area contributed by atoms with Crippen molar-refractivity contribution < 1.29 is 9.18 Å².